The molecular weight excluding hydrogens is 314 g/mol. The van der Waals surface area contributed by atoms with Gasteiger partial charge in [-0.25, -0.2) is 0 Å². The molecule has 1 saturated carbocycles. The number of carbonyl (C=O) groups is 1. The summed E-state index contributed by atoms with van der Waals surface area (Å²) in [6.45, 7) is 5.23. The molecule has 0 bridgehead atoms. The molecule has 0 aliphatic heterocycles. The molecule has 0 N–H and O–H groups in total. The second-order valence-electron chi connectivity index (χ2n) is 6.12. The zero-order valence-electron chi connectivity index (χ0n) is 12.4. The molecule has 0 radical (unpaired) electrons. The summed E-state index contributed by atoms with van der Waals surface area (Å²) in [5.74, 6) is 0.716. The Kier molecular flexibility index (Phi) is 5.64. The first kappa shape index (κ1) is 15.6. The van der Waals surface area contributed by atoms with Crippen LogP contribution in [-0.4, -0.2) is 23.4 Å². The van der Waals surface area contributed by atoms with Crippen LogP contribution >= 0.6 is 15.9 Å². The van der Waals surface area contributed by atoms with Gasteiger partial charge in [0.25, 0.3) is 5.91 Å². The van der Waals surface area contributed by atoms with Gasteiger partial charge in [0.1, 0.15) is 0 Å². The summed E-state index contributed by atoms with van der Waals surface area (Å²) in [5.41, 5.74) is 2.03. The lowest BCUT2D eigenvalue weighted by molar-refractivity contribution is 0.0655. The number of alkyl halides is 1. The van der Waals surface area contributed by atoms with Crippen molar-refractivity contribution in [2.24, 2.45) is 5.92 Å². The van der Waals surface area contributed by atoms with Crippen molar-refractivity contribution in [3.63, 3.8) is 0 Å². The van der Waals surface area contributed by atoms with Crippen LogP contribution in [0.5, 0.6) is 0 Å². The number of halogens is 1. The molecule has 1 aliphatic rings. The maximum Gasteiger partial charge on any atom is 0.254 e. The molecule has 0 unspecified atom stereocenters. The SMILES string of the molecule is CC(C)CN(C(=O)c1ccc(CBr)cc1)C1CCCC1. The Bertz CT molecular complexity index is 435. The lowest BCUT2D eigenvalue weighted by Gasteiger charge is -2.30. The van der Waals surface area contributed by atoms with E-state index in [4.69, 9.17) is 0 Å². The van der Waals surface area contributed by atoms with Gasteiger partial charge in [-0.2, -0.15) is 0 Å². The van der Waals surface area contributed by atoms with Crippen LogP contribution in [0.1, 0.15) is 55.5 Å². The highest BCUT2D eigenvalue weighted by atomic mass is 79.9. The van der Waals surface area contributed by atoms with Crippen molar-refractivity contribution in [2.45, 2.75) is 50.9 Å². The van der Waals surface area contributed by atoms with Crippen LogP contribution in [0.4, 0.5) is 0 Å². The fraction of sp³-hybridized carbons (Fsp3) is 0.588. The lowest BCUT2D eigenvalue weighted by atomic mass is 10.1. The second kappa shape index (κ2) is 7.26. The maximum atomic E-state index is 12.8. The Morgan fingerprint density at radius 3 is 2.35 bits per heavy atom. The molecule has 1 amide bonds. The van der Waals surface area contributed by atoms with E-state index in [1.807, 2.05) is 24.3 Å². The van der Waals surface area contributed by atoms with Crippen molar-refractivity contribution in [1.29, 1.82) is 0 Å². The first-order valence-electron chi connectivity index (χ1n) is 7.57. The van der Waals surface area contributed by atoms with E-state index in [2.05, 4.69) is 34.7 Å². The molecular formula is C17H24BrNO. The highest BCUT2D eigenvalue weighted by Crippen LogP contribution is 2.26. The molecule has 2 nitrogen and oxygen atoms in total. The van der Waals surface area contributed by atoms with Crippen LogP contribution in [0.2, 0.25) is 0 Å². The van der Waals surface area contributed by atoms with Crippen LogP contribution < -0.4 is 0 Å². The number of carbonyl (C=O) groups excluding carboxylic acids is 1. The molecule has 1 aromatic carbocycles. The molecule has 20 heavy (non-hydrogen) atoms. The molecule has 1 aromatic rings. The predicted octanol–water partition coefficient (Wildman–Crippen LogP) is 4.62. The minimum Gasteiger partial charge on any atom is -0.335 e. The maximum absolute atomic E-state index is 12.8. The summed E-state index contributed by atoms with van der Waals surface area (Å²) >= 11 is 3.44. The van der Waals surface area contributed by atoms with Gasteiger partial charge in [-0.3, -0.25) is 4.79 Å². The van der Waals surface area contributed by atoms with Crippen LogP contribution in [0.15, 0.2) is 24.3 Å². The van der Waals surface area contributed by atoms with Crippen molar-refractivity contribution in [1.82, 2.24) is 4.90 Å². The Morgan fingerprint density at radius 2 is 1.85 bits per heavy atom. The average molecular weight is 338 g/mol. The van der Waals surface area contributed by atoms with Gasteiger partial charge >= 0.3 is 0 Å². The summed E-state index contributed by atoms with van der Waals surface area (Å²) < 4.78 is 0. The van der Waals surface area contributed by atoms with E-state index >= 15 is 0 Å². The smallest absolute Gasteiger partial charge is 0.254 e. The Balaban J connectivity index is 2.15. The lowest BCUT2D eigenvalue weighted by Crippen LogP contribution is -2.41. The summed E-state index contributed by atoms with van der Waals surface area (Å²) in [5, 5.41) is 0.833. The normalized spacial score (nSPS) is 15.8. The predicted molar refractivity (Wildman–Crippen MR) is 87.2 cm³/mol. The number of amides is 1. The number of hydrogen-bond acceptors (Lipinski definition) is 1. The highest BCUT2D eigenvalue weighted by Gasteiger charge is 2.27. The van der Waals surface area contributed by atoms with E-state index < -0.39 is 0 Å². The first-order valence-corrected chi connectivity index (χ1v) is 8.70. The van der Waals surface area contributed by atoms with Gasteiger partial charge in [0.05, 0.1) is 0 Å². The van der Waals surface area contributed by atoms with Crippen molar-refractivity contribution >= 4 is 21.8 Å². The van der Waals surface area contributed by atoms with E-state index in [-0.39, 0.29) is 5.91 Å². The topological polar surface area (TPSA) is 20.3 Å². The summed E-state index contributed by atoms with van der Waals surface area (Å²) in [6.07, 6.45) is 4.85. The number of hydrogen-bond donors (Lipinski definition) is 0. The highest BCUT2D eigenvalue weighted by molar-refractivity contribution is 9.08. The van der Waals surface area contributed by atoms with Crippen molar-refractivity contribution in [3.05, 3.63) is 35.4 Å². The molecule has 1 fully saturated rings. The van der Waals surface area contributed by atoms with E-state index in [9.17, 15) is 4.79 Å². The molecule has 110 valence electrons. The zero-order valence-corrected chi connectivity index (χ0v) is 14.0. The minimum atomic E-state index is 0.201. The third kappa shape index (κ3) is 3.85. The van der Waals surface area contributed by atoms with E-state index in [0.29, 0.717) is 12.0 Å². The van der Waals surface area contributed by atoms with Gasteiger partial charge in [-0.1, -0.05) is 54.8 Å². The minimum absolute atomic E-state index is 0.201. The zero-order chi connectivity index (χ0) is 14.5. The fourth-order valence-corrected chi connectivity index (χ4v) is 3.28. The quantitative estimate of drug-likeness (QED) is 0.717. The fourth-order valence-electron chi connectivity index (χ4n) is 2.91. The number of benzene rings is 1. The molecule has 0 aromatic heterocycles. The first-order chi connectivity index (χ1) is 9.61. The molecule has 2 rings (SSSR count). The molecule has 0 atom stereocenters. The van der Waals surface area contributed by atoms with E-state index in [0.717, 1.165) is 30.3 Å². The Morgan fingerprint density at radius 1 is 1.25 bits per heavy atom. The van der Waals surface area contributed by atoms with Crippen LogP contribution in [-0.2, 0) is 5.33 Å². The summed E-state index contributed by atoms with van der Waals surface area (Å²) in [6, 6.07) is 8.43. The second-order valence-corrected chi connectivity index (χ2v) is 6.68. The monoisotopic (exact) mass is 337 g/mol. The van der Waals surface area contributed by atoms with E-state index in [1.165, 1.54) is 18.4 Å². The van der Waals surface area contributed by atoms with Gasteiger partial charge in [0.15, 0.2) is 0 Å². The molecule has 0 heterocycles. The molecule has 3 heteroatoms. The third-order valence-corrected chi connectivity index (χ3v) is 4.59. The van der Waals surface area contributed by atoms with Gasteiger partial charge < -0.3 is 4.90 Å². The summed E-state index contributed by atoms with van der Waals surface area (Å²) in [7, 11) is 0. The van der Waals surface area contributed by atoms with Crippen LogP contribution in [0, 0.1) is 5.92 Å². The number of rotatable bonds is 5. The van der Waals surface area contributed by atoms with Crippen molar-refractivity contribution in [3.8, 4) is 0 Å². The largest absolute Gasteiger partial charge is 0.335 e. The summed E-state index contributed by atoms with van der Waals surface area (Å²) in [4.78, 5) is 14.9. The Labute approximate surface area is 130 Å². The standard InChI is InChI=1S/C17H24BrNO/c1-13(2)12-19(16-5-3-4-6-16)17(20)15-9-7-14(11-18)8-10-15/h7-10,13,16H,3-6,11-12H2,1-2H3. The van der Waals surface area contributed by atoms with Crippen molar-refractivity contribution in [2.75, 3.05) is 6.54 Å². The molecule has 1 aliphatic carbocycles. The van der Waals surface area contributed by atoms with Crippen LogP contribution in [0.3, 0.4) is 0 Å². The van der Waals surface area contributed by atoms with E-state index in [1.54, 1.807) is 0 Å². The Hall–Kier alpha value is -0.830. The van der Waals surface area contributed by atoms with Crippen molar-refractivity contribution < 1.29 is 4.79 Å². The van der Waals surface area contributed by atoms with Gasteiger partial charge in [0, 0.05) is 23.5 Å². The third-order valence-electron chi connectivity index (χ3n) is 3.94. The average Bonchev–Trinajstić information content (AvgIpc) is 2.98. The van der Waals surface area contributed by atoms with Gasteiger partial charge in [0.2, 0.25) is 0 Å². The van der Waals surface area contributed by atoms with Crippen LogP contribution in [0.25, 0.3) is 0 Å². The molecule has 0 spiro atoms. The van der Waals surface area contributed by atoms with Gasteiger partial charge in [-0.15, -0.1) is 0 Å². The molecule has 0 saturated heterocycles. The van der Waals surface area contributed by atoms with Gasteiger partial charge in [-0.05, 0) is 36.5 Å². The number of nitrogens with zero attached hydrogens (tertiary/aromatic N) is 1.